The molecule has 0 amide bonds. The fraction of sp³-hybridized carbons (Fsp3) is 0.455. The fourth-order valence-electron chi connectivity index (χ4n) is 1.43. The second kappa shape index (κ2) is 5.40. The number of benzene rings is 1. The van der Waals surface area contributed by atoms with Crippen LogP contribution in [0.15, 0.2) is 30.3 Å². The Hall–Kier alpha value is -0.340. The Morgan fingerprint density at radius 3 is 1.92 bits per heavy atom. The minimum atomic E-state index is -0.124. The molecule has 0 unspecified atom stereocenters. The molecule has 74 valence electrons. The topological polar surface area (TPSA) is 26.0 Å². The van der Waals surface area contributed by atoms with Crippen molar-refractivity contribution in [3.05, 3.63) is 35.9 Å². The Balaban J connectivity index is 0.00000144. The summed E-state index contributed by atoms with van der Waals surface area (Å²) < 4.78 is 0. The molecule has 0 aliphatic heterocycles. The van der Waals surface area contributed by atoms with E-state index >= 15 is 0 Å². The van der Waals surface area contributed by atoms with Crippen LogP contribution in [0.5, 0.6) is 0 Å². The van der Waals surface area contributed by atoms with Crippen LogP contribution in [-0.2, 0) is 5.54 Å². The van der Waals surface area contributed by atoms with Crippen molar-refractivity contribution in [2.45, 2.75) is 32.2 Å². The molecule has 0 aliphatic carbocycles. The first-order valence-corrected chi connectivity index (χ1v) is 4.57. The summed E-state index contributed by atoms with van der Waals surface area (Å²) >= 11 is 0. The molecule has 0 aromatic heterocycles. The van der Waals surface area contributed by atoms with Crippen LogP contribution < -0.4 is 5.73 Å². The third kappa shape index (κ3) is 2.82. The first kappa shape index (κ1) is 12.7. The van der Waals surface area contributed by atoms with E-state index in [1.54, 1.807) is 0 Å². The van der Waals surface area contributed by atoms with Crippen molar-refractivity contribution in [2.24, 2.45) is 5.73 Å². The van der Waals surface area contributed by atoms with Crippen LogP contribution in [0.4, 0.5) is 0 Å². The lowest BCUT2D eigenvalue weighted by Gasteiger charge is -2.27. The van der Waals surface area contributed by atoms with E-state index in [-0.39, 0.29) is 22.5 Å². The highest BCUT2D eigenvalue weighted by molar-refractivity contribution is 8.93. The second-order valence-corrected chi connectivity index (χ2v) is 3.23. The zero-order valence-corrected chi connectivity index (χ0v) is 10.00. The molecule has 0 saturated carbocycles. The smallest absolute Gasteiger partial charge is 0.0404 e. The van der Waals surface area contributed by atoms with E-state index in [9.17, 15) is 0 Å². The van der Waals surface area contributed by atoms with Gasteiger partial charge in [-0.3, -0.25) is 0 Å². The van der Waals surface area contributed by atoms with Gasteiger partial charge in [-0.05, 0) is 18.4 Å². The maximum atomic E-state index is 6.22. The highest BCUT2D eigenvalue weighted by atomic mass is 79.9. The Bertz CT molecular complexity index is 229. The van der Waals surface area contributed by atoms with Crippen molar-refractivity contribution in [1.29, 1.82) is 0 Å². The van der Waals surface area contributed by atoms with Crippen LogP contribution in [0.1, 0.15) is 32.3 Å². The van der Waals surface area contributed by atoms with Gasteiger partial charge in [-0.25, -0.2) is 0 Å². The minimum Gasteiger partial charge on any atom is -0.321 e. The molecule has 0 fully saturated rings. The molecule has 0 bridgehead atoms. The normalized spacial score (nSPS) is 10.7. The maximum Gasteiger partial charge on any atom is 0.0404 e. The summed E-state index contributed by atoms with van der Waals surface area (Å²) in [5.41, 5.74) is 7.34. The van der Waals surface area contributed by atoms with E-state index in [2.05, 4.69) is 26.0 Å². The summed E-state index contributed by atoms with van der Waals surface area (Å²) in [4.78, 5) is 0. The maximum absolute atomic E-state index is 6.22. The van der Waals surface area contributed by atoms with Crippen molar-refractivity contribution in [3.8, 4) is 0 Å². The SMILES string of the molecule is Br.CCC(N)(CC)c1ccccc1. The van der Waals surface area contributed by atoms with Crippen LogP contribution in [0, 0.1) is 0 Å². The highest BCUT2D eigenvalue weighted by Crippen LogP contribution is 2.24. The molecule has 0 aliphatic rings. The standard InChI is InChI=1S/C11H17N.BrH/c1-3-11(12,4-2)10-8-6-5-7-9-10;/h5-9H,3-4,12H2,1-2H3;1H. The summed E-state index contributed by atoms with van der Waals surface area (Å²) in [6.45, 7) is 4.27. The van der Waals surface area contributed by atoms with Gasteiger partial charge in [0.05, 0.1) is 0 Å². The molecule has 0 saturated heterocycles. The zero-order valence-electron chi connectivity index (χ0n) is 8.29. The number of hydrogen-bond donors (Lipinski definition) is 1. The van der Waals surface area contributed by atoms with Gasteiger partial charge in [0.2, 0.25) is 0 Å². The predicted octanol–water partition coefficient (Wildman–Crippen LogP) is 3.24. The van der Waals surface area contributed by atoms with E-state index < -0.39 is 0 Å². The van der Waals surface area contributed by atoms with Crippen molar-refractivity contribution < 1.29 is 0 Å². The molecular weight excluding hydrogens is 226 g/mol. The number of nitrogens with two attached hydrogens (primary N) is 1. The fourth-order valence-corrected chi connectivity index (χ4v) is 1.43. The average molecular weight is 244 g/mol. The van der Waals surface area contributed by atoms with Gasteiger partial charge >= 0.3 is 0 Å². The van der Waals surface area contributed by atoms with E-state index in [1.807, 2.05) is 18.2 Å². The Kier molecular flexibility index (Phi) is 5.26. The van der Waals surface area contributed by atoms with Crippen LogP contribution >= 0.6 is 17.0 Å². The summed E-state index contributed by atoms with van der Waals surface area (Å²) in [6, 6.07) is 10.3. The molecule has 1 aromatic carbocycles. The Labute approximate surface area is 91.1 Å². The van der Waals surface area contributed by atoms with E-state index in [1.165, 1.54) is 5.56 Å². The van der Waals surface area contributed by atoms with Gasteiger partial charge in [0.25, 0.3) is 0 Å². The lowest BCUT2D eigenvalue weighted by Crippen LogP contribution is -2.34. The number of rotatable bonds is 3. The molecule has 13 heavy (non-hydrogen) atoms. The van der Waals surface area contributed by atoms with Gasteiger partial charge in [0, 0.05) is 5.54 Å². The molecule has 2 N–H and O–H groups in total. The molecule has 0 atom stereocenters. The molecule has 1 nitrogen and oxygen atoms in total. The van der Waals surface area contributed by atoms with Crippen molar-refractivity contribution in [2.75, 3.05) is 0 Å². The van der Waals surface area contributed by atoms with Gasteiger partial charge < -0.3 is 5.73 Å². The summed E-state index contributed by atoms with van der Waals surface area (Å²) in [6.07, 6.45) is 1.99. The van der Waals surface area contributed by atoms with Crippen LogP contribution in [-0.4, -0.2) is 0 Å². The second-order valence-electron chi connectivity index (χ2n) is 3.23. The van der Waals surface area contributed by atoms with Gasteiger partial charge in [0.15, 0.2) is 0 Å². The molecule has 0 spiro atoms. The van der Waals surface area contributed by atoms with E-state index in [0.29, 0.717) is 0 Å². The summed E-state index contributed by atoms with van der Waals surface area (Å²) in [7, 11) is 0. The molecule has 0 radical (unpaired) electrons. The number of halogens is 1. The van der Waals surface area contributed by atoms with Crippen molar-refractivity contribution in [1.82, 2.24) is 0 Å². The Morgan fingerprint density at radius 1 is 1.08 bits per heavy atom. The third-order valence-electron chi connectivity index (χ3n) is 2.61. The van der Waals surface area contributed by atoms with Crippen molar-refractivity contribution in [3.63, 3.8) is 0 Å². The van der Waals surface area contributed by atoms with Gasteiger partial charge in [-0.15, -0.1) is 17.0 Å². The zero-order chi connectivity index (χ0) is 9.03. The van der Waals surface area contributed by atoms with Gasteiger partial charge in [0.1, 0.15) is 0 Å². The lowest BCUT2D eigenvalue weighted by atomic mass is 9.86. The molecular formula is C11H18BrN. The van der Waals surface area contributed by atoms with Crippen LogP contribution in [0.3, 0.4) is 0 Å². The van der Waals surface area contributed by atoms with Gasteiger partial charge in [-0.2, -0.15) is 0 Å². The monoisotopic (exact) mass is 243 g/mol. The summed E-state index contributed by atoms with van der Waals surface area (Å²) in [5.74, 6) is 0. The minimum absolute atomic E-state index is 0. The molecule has 1 rings (SSSR count). The quantitative estimate of drug-likeness (QED) is 0.867. The van der Waals surface area contributed by atoms with E-state index in [4.69, 9.17) is 5.73 Å². The predicted molar refractivity (Wildman–Crippen MR) is 63.2 cm³/mol. The van der Waals surface area contributed by atoms with E-state index in [0.717, 1.165) is 12.8 Å². The third-order valence-corrected chi connectivity index (χ3v) is 2.61. The van der Waals surface area contributed by atoms with Crippen molar-refractivity contribution >= 4 is 17.0 Å². The summed E-state index contributed by atoms with van der Waals surface area (Å²) in [5, 5.41) is 0. The van der Waals surface area contributed by atoms with Crippen LogP contribution in [0.2, 0.25) is 0 Å². The molecule has 1 aromatic rings. The van der Waals surface area contributed by atoms with Gasteiger partial charge in [-0.1, -0.05) is 44.2 Å². The Morgan fingerprint density at radius 2 is 1.54 bits per heavy atom. The average Bonchev–Trinajstić information content (AvgIpc) is 2.18. The molecule has 2 heteroatoms. The highest BCUT2D eigenvalue weighted by Gasteiger charge is 2.21. The number of hydrogen-bond acceptors (Lipinski definition) is 1. The first-order chi connectivity index (χ1) is 5.73. The molecule has 0 heterocycles. The first-order valence-electron chi connectivity index (χ1n) is 4.57. The van der Waals surface area contributed by atoms with Crippen LogP contribution in [0.25, 0.3) is 0 Å². The lowest BCUT2D eigenvalue weighted by molar-refractivity contribution is 0.413. The largest absolute Gasteiger partial charge is 0.321 e.